The van der Waals surface area contributed by atoms with E-state index in [0.717, 1.165) is 16.5 Å². The summed E-state index contributed by atoms with van der Waals surface area (Å²) in [6, 6.07) is 20.8. The zero-order chi connectivity index (χ0) is 22.0. The van der Waals surface area contributed by atoms with Crippen LogP contribution in [0.3, 0.4) is 0 Å². The van der Waals surface area contributed by atoms with Gasteiger partial charge in [-0.1, -0.05) is 60.1 Å². The van der Waals surface area contributed by atoms with Crippen LogP contribution in [0.2, 0.25) is 5.02 Å². The molecule has 0 bridgehead atoms. The Morgan fingerprint density at radius 1 is 1.00 bits per heavy atom. The number of aryl methyl sites for hydroxylation is 2. The van der Waals surface area contributed by atoms with Gasteiger partial charge in [0, 0.05) is 22.5 Å². The minimum absolute atomic E-state index is 0.121. The van der Waals surface area contributed by atoms with Gasteiger partial charge in [-0.05, 0) is 48.7 Å². The van der Waals surface area contributed by atoms with Crippen LogP contribution in [0.5, 0.6) is 0 Å². The van der Waals surface area contributed by atoms with Crippen LogP contribution in [0.25, 0.3) is 22.2 Å². The summed E-state index contributed by atoms with van der Waals surface area (Å²) < 4.78 is 1.38. The molecule has 31 heavy (non-hydrogen) atoms. The Hall–Kier alpha value is -3.44. The molecule has 0 atom stereocenters. The maximum atomic E-state index is 12.8. The van der Waals surface area contributed by atoms with Gasteiger partial charge in [-0.15, -0.1) is 0 Å². The number of rotatable bonds is 5. The second-order valence-corrected chi connectivity index (χ2v) is 7.99. The van der Waals surface area contributed by atoms with E-state index in [2.05, 4.69) is 16.4 Å². The standard InChI is InChI=1S/C25H22ClN3O2/c1-16-8-9-18(12-17(16)2)14-27-23(30)15-29-22-11-10-20(26)13-21(22)24(28-25(29)31)19-6-4-3-5-7-19/h3-13H,14-15H2,1-2H3,(H,27,30). The number of fused-ring (bicyclic) bond motifs is 1. The van der Waals surface area contributed by atoms with Crippen molar-refractivity contribution in [3.05, 3.63) is 98.9 Å². The smallest absolute Gasteiger partial charge is 0.349 e. The molecule has 0 spiro atoms. The maximum Gasteiger partial charge on any atom is 0.349 e. The zero-order valence-electron chi connectivity index (χ0n) is 17.4. The van der Waals surface area contributed by atoms with Crippen LogP contribution >= 0.6 is 11.6 Å². The van der Waals surface area contributed by atoms with E-state index in [9.17, 15) is 9.59 Å². The van der Waals surface area contributed by atoms with Gasteiger partial charge in [0.1, 0.15) is 6.54 Å². The number of benzene rings is 3. The molecule has 3 aromatic carbocycles. The van der Waals surface area contributed by atoms with E-state index < -0.39 is 5.69 Å². The van der Waals surface area contributed by atoms with Crippen molar-refractivity contribution in [1.82, 2.24) is 14.9 Å². The first-order chi connectivity index (χ1) is 14.9. The van der Waals surface area contributed by atoms with E-state index >= 15 is 0 Å². The third kappa shape index (κ3) is 4.52. The van der Waals surface area contributed by atoms with E-state index in [1.54, 1.807) is 18.2 Å². The average Bonchev–Trinajstić information content (AvgIpc) is 2.77. The van der Waals surface area contributed by atoms with Crippen LogP contribution in [0, 0.1) is 13.8 Å². The summed E-state index contributed by atoms with van der Waals surface area (Å²) >= 11 is 6.22. The highest BCUT2D eigenvalue weighted by Crippen LogP contribution is 2.27. The number of nitrogens with one attached hydrogen (secondary N) is 1. The van der Waals surface area contributed by atoms with Gasteiger partial charge in [-0.25, -0.2) is 4.79 Å². The molecule has 5 nitrogen and oxygen atoms in total. The second kappa shape index (κ2) is 8.74. The maximum absolute atomic E-state index is 12.8. The highest BCUT2D eigenvalue weighted by Gasteiger charge is 2.15. The largest absolute Gasteiger partial charge is 0.350 e. The molecule has 1 heterocycles. The van der Waals surface area contributed by atoms with Gasteiger partial charge in [-0.2, -0.15) is 4.98 Å². The van der Waals surface area contributed by atoms with Crippen molar-refractivity contribution in [2.45, 2.75) is 26.9 Å². The Labute approximate surface area is 185 Å². The minimum atomic E-state index is -0.477. The number of halogens is 1. The third-order valence-electron chi connectivity index (χ3n) is 5.35. The van der Waals surface area contributed by atoms with E-state index in [0.29, 0.717) is 22.8 Å². The molecule has 4 rings (SSSR count). The molecule has 1 amide bonds. The van der Waals surface area contributed by atoms with Crippen LogP contribution in [-0.4, -0.2) is 15.5 Å². The van der Waals surface area contributed by atoms with Crippen LogP contribution in [0.15, 0.2) is 71.5 Å². The first kappa shape index (κ1) is 20.8. The lowest BCUT2D eigenvalue weighted by atomic mass is 10.1. The first-order valence-corrected chi connectivity index (χ1v) is 10.4. The van der Waals surface area contributed by atoms with Gasteiger partial charge in [-0.3, -0.25) is 9.36 Å². The van der Waals surface area contributed by atoms with E-state index in [4.69, 9.17) is 11.6 Å². The molecule has 0 fully saturated rings. The molecule has 6 heteroatoms. The number of carbonyl (C=O) groups is 1. The molecule has 0 aliphatic rings. The lowest BCUT2D eigenvalue weighted by Gasteiger charge is -2.13. The summed E-state index contributed by atoms with van der Waals surface area (Å²) in [6.07, 6.45) is 0. The summed E-state index contributed by atoms with van der Waals surface area (Å²) in [5.74, 6) is -0.258. The first-order valence-electron chi connectivity index (χ1n) is 10.0. The van der Waals surface area contributed by atoms with Gasteiger partial charge in [0.15, 0.2) is 0 Å². The predicted molar refractivity (Wildman–Crippen MR) is 124 cm³/mol. The predicted octanol–water partition coefficient (Wildman–Crippen LogP) is 4.65. The van der Waals surface area contributed by atoms with Gasteiger partial charge in [0.05, 0.1) is 11.2 Å². The van der Waals surface area contributed by atoms with Crippen LogP contribution < -0.4 is 11.0 Å². The SMILES string of the molecule is Cc1ccc(CNC(=O)Cn2c(=O)nc(-c3ccccc3)c3cc(Cl)ccc32)cc1C. The van der Waals surface area contributed by atoms with E-state index in [1.165, 1.54) is 15.7 Å². The summed E-state index contributed by atoms with van der Waals surface area (Å²) in [5, 5.41) is 4.15. The zero-order valence-corrected chi connectivity index (χ0v) is 18.1. The molecule has 0 aliphatic carbocycles. The number of amides is 1. The fraction of sp³-hybridized carbons (Fsp3) is 0.160. The van der Waals surface area contributed by atoms with Crippen molar-refractivity contribution in [1.29, 1.82) is 0 Å². The molecule has 0 saturated heterocycles. The Kier molecular flexibility index (Phi) is 5.87. The lowest BCUT2D eigenvalue weighted by molar-refractivity contribution is -0.121. The van der Waals surface area contributed by atoms with Crippen LogP contribution in [0.1, 0.15) is 16.7 Å². The molecule has 156 valence electrons. The Balaban J connectivity index is 1.65. The van der Waals surface area contributed by atoms with E-state index in [1.807, 2.05) is 56.3 Å². The number of carbonyl (C=O) groups excluding carboxylic acids is 1. The minimum Gasteiger partial charge on any atom is -0.350 e. The van der Waals surface area contributed by atoms with Crippen molar-refractivity contribution in [3.63, 3.8) is 0 Å². The van der Waals surface area contributed by atoms with Crippen molar-refractivity contribution >= 4 is 28.4 Å². The molecule has 4 aromatic rings. The lowest BCUT2D eigenvalue weighted by Crippen LogP contribution is -2.33. The summed E-state index contributed by atoms with van der Waals surface area (Å²) in [7, 11) is 0. The quantitative estimate of drug-likeness (QED) is 0.500. The van der Waals surface area contributed by atoms with Gasteiger partial charge in [0.2, 0.25) is 5.91 Å². The highest BCUT2D eigenvalue weighted by molar-refractivity contribution is 6.31. The number of hydrogen-bond donors (Lipinski definition) is 1. The molecule has 0 aliphatic heterocycles. The van der Waals surface area contributed by atoms with E-state index in [-0.39, 0.29) is 12.5 Å². The second-order valence-electron chi connectivity index (χ2n) is 7.55. The van der Waals surface area contributed by atoms with Crippen molar-refractivity contribution in [3.8, 4) is 11.3 Å². The fourth-order valence-corrected chi connectivity index (χ4v) is 3.71. The van der Waals surface area contributed by atoms with Gasteiger partial charge in [0.25, 0.3) is 0 Å². The Bertz CT molecular complexity index is 1330. The van der Waals surface area contributed by atoms with Crippen LogP contribution in [0.4, 0.5) is 0 Å². The molecular weight excluding hydrogens is 410 g/mol. The van der Waals surface area contributed by atoms with Crippen molar-refractivity contribution < 1.29 is 4.79 Å². The highest BCUT2D eigenvalue weighted by atomic mass is 35.5. The molecule has 0 unspecified atom stereocenters. The summed E-state index contributed by atoms with van der Waals surface area (Å²) in [4.78, 5) is 29.7. The number of nitrogens with zero attached hydrogens (tertiary/aromatic N) is 2. The Morgan fingerprint density at radius 2 is 1.77 bits per heavy atom. The van der Waals surface area contributed by atoms with Gasteiger partial charge >= 0.3 is 5.69 Å². The summed E-state index contributed by atoms with van der Waals surface area (Å²) in [6.45, 7) is 4.36. The monoisotopic (exact) mass is 431 g/mol. The van der Waals surface area contributed by atoms with Crippen molar-refractivity contribution in [2.24, 2.45) is 0 Å². The number of aromatic nitrogens is 2. The summed E-state index contributed by atoms with van der Waals surface area (Å²) in [5.41, 5.74) is 4.90. The Morgan fingerprint density at radius 3 is 2.52 bits per heavy atom. The normalized spacial score (nSPS) is 10.9. The molecule has 1 N–H and O–H groups in total. The molecular formula is C25H22ClN3O2. The molecule has 0 radical (unpaired) electrons. The average molecular weight is 432 g/mol. The van der Waals surface area contributed by atoms with Crippen molar-refractivity contribution in [2.75, 3.05) is 0 Å². The molecule has 1 aromatic heterocycles. The van der Waals surface area contributed by atoms with Crippen LogP contribution in [-0.2, 0) is 17.9 Å². The number of hydrogen-bond acceptors (Lipinski definition) is 3. The third-order valence-corrected chi connectivity index (χ3v) is 5.59. The topological polar surface area (TPSA) is 64.0 Å². The van der Waals surface area contributed by atoms with Gasteiger partial charge < -0.3 is 5.32 Å². The molecule has 0 saturated carbocycles. The fourth-order valence-electron chi connectivity index (χ4n) is 3.54.